The van der Waals surface area contributed by atoms with E-state index < -0.39 is 139 Å². The zero-order valence-electron chi connectivity index (χ0n) is 32.3. The number of aliphatic hydroxyl groups excluding tert-OH is 6. The zero-order valence-corrected chi connectivity index (χ0v) is 35.0. The van der Waals surface area contributed by atoms with Gasteiger partial charge in [0.05, 0.1) is 26.1 Å². The third kappa shape index (κ3) is 13.2. The molecule has 37 heteroatoms. The number of hydrogen-bond donors (Lipinski definition) is 15. The largest absolute Gasteiger partial charge is 0.469 e. The summed E-state index contributed by atoms with van der Waals surface area (Å²) in [6.07, 6.45) is -11.7. The Morgan fingerprint density at radius 1 is 0.569 bits per heavy atom. The highest BCUT2D eigenvalue weighted by molar-refractivity contribution is 7.46. The number of ether oxygens (including phenoxy) is 3. The first-order valence-corrected chi connectivity index (χ1v) is 22.5. The summed E-state index contributed by atoms with van der Waals surface area (Å²) in [5.41, 5.74) is 3.22. The van der Waals surface area contributed by atoms with E-state index in [9.17, 15) is 63.5 Å². The maximum Gasteiger partial charge on any atom is 0.469 e. The van der Waals surface area contributed by atoms with Crippen LogP contribution in [0.3, 0.4) is 0 Å². The number of H-pyrrole nitrogens is 2. The van der Waals surface area contributed by atoms with Crippen LogP contribution in [0.2, 0.25) is 0 Å². The van der Waals surface area contributed by atoms with Gasteiger partial charge in [-0.1, -0.05) is 0 Å². The average Bonchev–Trinajstić information content (AvgIpc) is 3.92. The van der Waals surface area contributed by atoms with Gasteiger partial charge in [-0.05, 0) is 0 Å². The van der Waals surface area contributed by atoms with E-state index in [1.165, 1.54) is 17.2 Å². The van der Waals surface area contributed by atoms with Crippen LogP contribution >= 0.6 is 23.5 Å². The molecule has 3 aliphatic rings. The molecule has 7 heterocycles. The van der Waals surface area contributed by atoms with E-state index in [2.05, 4.69) is 28.5 Å². The Morgan fingerprint density at radius 2 is 0.923 bits per heavy atom. The van der Waals surface area contributed by atoms with Gasteiger partial charge in [0.2, 0.25) is 0 Å². The number of anilines is 1. The Balaban J connectivity index is 0.000000183. The standard InChI is InChI=1S/C10H14N5O7P.2C9H13N2O9P/c11-8-5-9(13-2-12-8)15(3-14-5)10-7(17)6(16)4(22-10)1-21-23(18,19)20;2*12-5-1-2-11(9(15)10-5)8-7(14)6(13)4(20-8)3-19-21(16,17)18/h2-4,6-7,10,16-17H,1H2,(H2,11,12,13)(H2,18,19,20);2*1-2,4,6-8,13-14H,3H2,(H,10,12,15)(H2,16,17,18)/t4-,6-,7-,10-;2*4-,6-,7-,8-/m111/s1. The number of nitrogens with zero attached hydrogens (tertiary/aromatic N) is 6. The molecule has 65 heavy (non-hydrogen) atoms. The molecule has 0 radical (unpaired) electrons. The fourth-order valence-corrected chi connectivity index (χ4v) is 7.14. The summed E-state index contributed by atoms with van der Waals surface area (Å²) in [7, 11) is -14.2. The highest BCUT2D eigenvalue weighted by Gasteiger charge is 2.47. The molecule has 3 aliphatic heterocycles. The molecule has 12 atom stereocenters. The summed E-state index contributed by atoms with van der Waals surface area (Å²) in [4.78, 5) is 112. The number of aliphatic hydroxyl groups is 6. The Hall–Kier alpha value is -4.32. The van der Waals surface area contributed by atoms with E-state index in [0.29, 0.717) is 5.52 Å². The molecule has 0 unspecified atom stereocenters. The van der Waals surface area contributed by atoms with E-state index in [1.807, 2.05) is 9.97 Å². The number of aromatic amines is 2. The Morgan fingerprint density at radius 3 is 1.26 bits per heavy atom. The van der Waals surface area contributed by atoms with Crippen molar-refractivity contribution in [2.24, 2.45) is 0 Å². The first kappa shape index (κ1) is 51.7. The summed E-state index contributed by atoms with van der Waals surface area (Å²) in [6.45, 7) is -1.96. The van der Waals surface area contributed by atoms with E-state index >= 15 is 0 Å². The second-order valence-electron chi connectivity index (χ2n) is 13.6. The van der Waals surface area contributed by atoms with Crippen molar-refractivity contribution >= 4 is 40.4 Å². The van der Waals surface area contributed by atoms with Gasteiger partial charge in [-0.25, -0.2) is 38.2 Å². The van der Waals surface area contributed by atoms with Gasteiger partial charge in [0.1, 0.15) is 66.8 Å². The topological polar surface area (TPSA) is 529 Å². The summed E-state index contributed by atoms with van der Waals surface area (Å²) in [6, 6.07) is 2.03. The lowest BCUT2D eigenvalue weighted by Gasteiger charge is -2.16. The van der Waals surface area contributed by atoms with E-state index in [-0.39, 0.29) is 11.5 Å². The molecule has 0 saturated carbocycles. The van der Waals surface area contributed by atoms with Crippen molar-refractivity contribution in [2.75, 3.05) is 25.6 Å². The summed E-state index contributed by atoms with van der Waals surface area (Å²) < 4.78 is 63.4. The Kier molecular flexibility index (Phi) is 16.4. The van der Waals surface area contributed by atoms with E-state index in [1.54, 1.807) is 0 Å². The van der Waals surface area contributed by atoms with Crippen molar-refractivity contribution in [1.82, 2.24) is 38.6 Å². The van der Waals surface area contributed by atoms with Crippen LogP contribution in [0.25, 0.3) is 11.2 Å². The third-order valence-electron chi connectivity index (χ3n) is 9.14. The zero-order chi connectivity index (χ0) is 48.3. The predicted octanol–water partition coefficient (Wildman–Crippen LogP) is -7.33. The molecule has 0 aliphatic carbocycles. The molecule has 7 rings (SSSR count). The average molecular weight is 996 g/mol. The second kappa shape index (κ2) is 20.7. The van der Waals surface area contributed by atoms with Gasteiger partial charge in [0.15, 0.2) is 30.1 Å². The van der Waals surface area contributed by atoms with Crippen LogP contribution in [0.4, 0.5) is 5.82 Å². The van der Waals surface area contributed by atoms with Gasteiger partial charge in [-0.2, -0.15) is 0 Å². The highest BCUT2D eigenvalue weighted by Crippen LogP contribution is 2.40. The lowest BCUT2D eigenvalue weighted by molar-refractivity contribution is -0.0543. The molecule has 34 nitrogen and oxygen atoms in total. The number of phosphoric acid groups is 3. The fraction of sp³-hybridized carbons (Fsp3) is 0.536. The van der Waals surface area contributed by atoms with Gasteiger partial charge in [0, 0.05) is 24.5 Å². The number of nitrogens with one attached hydrogen (secondary N) is 2. The van der Waals surface area contributed by atoms with Crippen LogP contribution < -0.4 is 28.2 Å². The molecule has 0 aromatic carbocycles. The van der Waals surface area contributed by atoms with Crippen LogP contribution in [0.1, 0.15) is 18.7 Å². The number of imidazole rings is 1. The fourth-order valence-electron chi connectivity index (χ4n) is 6.11. The number of fused-ring (bicyclic) bond motifs is 1. The lowest BCUT2D eigenvalue weighted by Crippen LogP contribution is -2.37. The minimum Gasteiger partial charge on any atom is -0.387 e. The van der Waals surface area contributed by atoms with Gasteiger partial charge < -0.3 is 79.9 Å². The van der Waals surface area contributed by atoms with Crippen molar-refractivity contribution < 1.29 is 101 Å². The Labute approximate surface area is 358 Å². The van der Waals surface area contributed by atoms with Crippen molar-refractivity contribution in [1.29, 1.82) is 0 Å². The van der Waals surface area contributed by atoms with Crippen molar-refractivity contribution in [3.8, 4) is 0 Å². The van der Waals surface area contributed by atoms with E-state index in [0.717, 1.165) is 33.7 Å². The molecule has 3 fully saturated rings. The normalized spacial score (nSPS) is 29.3. The SMILES string of the molecule is Nc1ncnc2c1ncn2[C@@H]1O[C@H](COP(=O)(O)O)[C@@H](O)[C@H]1O.O=c1ccn([C@@H]2O[C@H](COP(=O)(O)O)[C@@H](O)[C@H]2O)c(=O)[nH]1.O=c1ccn([C@@H]2O[C@H](COP(=O)(O)O)[C@@H](O)[C@H]2O)c(=O)[nH]1. The van der Waals surface area contributed by atoms with Gasteiger partial charge in [0.25, 0.3) is 11.1 Å². The summed E-state index contributed by atoms with van der Waals surface area (Å²) in [5.74, 6) is 0.142. The number of aromatic nitrogens is 8. The number of rotatable bonds is 12. The number of nitrogen functional groups attached to an aromatic ring is 1. The molecule has 3 saturated heterocycles. The maximum atomic E-state index is 11.6. The lowest BCUT2D eigenvalue weighted by atomic mass is 10.1. The van der Waals surface area contributed by atoms with Gasteiger partial charge in [-0.15, -0.1) is 0 Å². The number of hydrogen-bond acceptors (Lipinski definition) is 23. The van der Waals surface area contributed by atoms with Crippen molar-refractivity contribution in [3.05, 3.63) is 78.9 Å². The minimum atomic E-state index is -4.76. The predicted molar refractivity (Wildman–Crippen MR) is 204 cm³/mol. The van der Waals surface area contributed by atoms with Crippen LogP contribution in [-0.4, -0.2) is 173 Å². The van der Waals surface area contributed by atoms with Crippen LogP contribution in [0, 0.1) is 0 Å². The number of nitrogens with two attached hydrogens (primary N) is 1. The second-order valence-corrected chi connectivity index (χ2v) is 17.3. The molecule has 0 amide bonds. The Bertz CT molecular complexity index is 2540. The van der Waals surface area contributed by atoms with Crippen LogP contribution in [-0.2, 0) is 41.5 Å². The molecule has 0 bridgehead atoms. The number of phosphoric ester groups is 3. The molecule has 0 spiro atoms. The molecule has 16 N–H and O–H groups in total. The van der Waals surface area contributed by atoms with Gasteiger partial charge >= 0.3 is 34.8 Å². The highest BCUT2D eigenvalue weighted by atomic mass is 31.2. The van der Waals surface area contributed by atoms with E-state index in [4.69, 9.17) is 49.3 Å². The monoisotopic (exact) mass is 995 g/mol. The van der Waals surface area contributed by atoms with Gasteiger partial charge in [-0.3, -0.25) is 46.8 Å². The molecular formula is C28H40N9O25P3. The third-order valence-corrected chi connectivity index (χ3v) is 10.6. The summed E-state index contributed by atoms with van der Waals surface area (Å²) >= 11 is 0. The first-order valence-electron chi connectivity index (χ1n) is 17.9. The van der Waals surface area contributed by atoms with Crippen molar-refractivity contribution in [3.63, 3.8) is 0 Å². The minimum absolute atomic E-state index is 0.142. The van der Waals surface area contributed by atoms with Crippen LogP contribution in [0.5, 0.6) is 0 Å². The maximum absolute atomic E-state index is 11.6. The quantitative estimate of drug-likeness (QED) is 0.0586. The molecule has 362 valence electrons. The summed E-state index contributed by atoms with van der Waals surface area (Å²) in [5, 5.41) is 59.2. The van der Waals surface area contributed by atoms with Crippen LogP contribution in [0.15, 0.2) is 56.4 Å². The smallest absolute Gasteiger partial charge is 0.387 e. The molecule has 4 aromatic rings. The van der Waals surface area contributed by atoms with Crippen molar-refractivity contribution in [2.45, 2.75) is 73.6 Å². The molecule has 4 aromatic heterocycles. The molecular weight excluding hydrogens is 955 g/mol. The first-order chi connectivity index (χ1) is 30.2.